The molecule has 0 N–H and O–H groups in total. The van der Waals surface area contributed by atoms with E-state index in [-0.39, 0.29) is 11.7 Å². The molecule has 1 aliphatic heterocycles. The van der Waals surface area contributed by atoms with Gasteiger partial charge in [-0.25, -0.2) is 4.39 Å². The van der Waals surface area contributed by atoms with Crippen LogP contribution in [-0.2, 0) is 17.6 Å². The lowest BCUT2D eigenvalue weighted by Crippen LogP contribution is -2.52. The van der Waals surface area contributed by atoms with Crippen molar-refractivity contribution in [1.82, 2.24) is 4.90 Å². The third-order valence-corrected chi connectivity index (χ3v) is 5.77. The Balaban J connectivity index is 1.34. The van der Waals surface area contributed by atoms with Gasteiger partial charge in [-0.05, 0) is 68.0 Å². The molecule has 1 aliphatic carbocycles. The van der Waals surface area contributed by atoms with Crippen LogP contribution in [-0.4, -0.2) is 43.1 Å². The summed E-state index contributed by atoms with van der Waals surface area (Å²) < 4.78 is 19.9. The van der Waals surface area contributed by atoms with E-state index < -0.39 is 6.10 Å². The third kappa shape index (κ3) is 3.98. The molecule has 0 saturated carbocycles. The summed E-state index contributed by atoms with van der Waals surface area (Å²) in [6, 6.07) is 13.0. The molecule has 1 unspecified atom stereocenters. The van der Waals surface area contributed by atoms with Crippen molar-refractivity contribution in [2.45, 2.75) is 38.7 Å². The number of benzene rings is 2. The lowest BCUT2D eigenvalue weighted by Gasteiger charge is -2.37. The number of aryl methyl sites for hydroxylation is 2. The van der Waals surface area contributed by atoms with Crippen molar-refractivity contribution < 1.29 is 13.9 Å². The Morgan fingerprint density at radius 3 is 2.46 bits per heavy atom. The molecule has 0 spiro atoms. The van der Waals surface area contributed by atoms with Crippen molar-refractivity contribution >= 4 is 11.6 Å². The first-order valence-corrected chi connectivity index (χ1v) is 10.2. The largest absolute Gasteiger partial charge is 0.481 e. The van der Waals surface area contributed by atoms with Crippen molar-refractivity contribution in [2.24, 2.45) is 0 Å². The van der Waals surface area contributed by atoms with E-state index in [0.29, 0.717) is 31.9 Å². The molecule has 4 nitrogen and oxygen atoms in total. The number of rotatable bonds is 4. The molecule has 1 fully saturated rings. The molecule has 0 radical (unpaired) electrons. The van der Waals surface area contributed by atoms with Gasteiger partial charge in [0.2, 0.25) is 0 Å². The number of hydrogen-bond acceptors (Lipinski definition) is 3. The van der Waals surface area contributed by atoms with Gasteiger partial charge in [0.25, 0.3) is 5.91 Å². The fourth-order valence-electron chi connectivity index (χ4n) is 4.17. The zero-order chi connectivity index (χ0) is 19.5. The van der Waals surface area contributed by atoms with Gasteiger partial charge in [0.15, 0.2) is 6.10 Å². The SMILES string of the molecule is CC(Oc1ccc2c(c1)CCCC2)C(=O)N1CCN(c2ccccc2F)CC1. The monoisotopic (exact) mass is 382 g/mol. The number of anilines is 1. The maximum absolute atomic E-state index is 14.0. The smallest absolute Gasteiger partial charge is 0.263 e. The number of ether oxygens (including phenoxy) is 1. The Bertz CT molecular complexity index is 846. The van der Waals surface area contributed by atoms with E-state index in [2.05, 4.69) is 12.1 Å². The van der Waals surface area contributed by atoms with Crippen LogP contribution in [0.15, 0.2) is 42.5 Å². The van der Waals surface area contributed by atoms with E-state index in [1.165, 1.54) is 30.0 Å². The van der Waals surface area contributed by atoms with Crippen LogP contribution in [0.4, 0.5) is 10.1 Å². The summed E-state index contributed by atoms with van der Waals surface area (Å²) in [6.07, 6.45) is 4.17. The topological polar surface area (TPSA) is 32.8 Å². The first-order chi connectivity index (χ1) is 13.6. The average molecular weight is 382 g/mol. The zero-order valence-corrected chi connectivity index (χ0v) is 16.4. The fraction of sp³-hybridized carbons (Fsp3) is 0.435. The summed E-state index contributed by atoms with van der Waals surface area (Å²) in [5, 5.41) is 0. The minimum absolute atomic E-state index is 0.00842. The van der Waals surface area contributed by atoms with Crippen molar-refractivity contribution in [3.63, 3.8) is 0 Å². The van der Waals surface area contributed by atoms with Crippen LogP contribution in [0.25, 0.3) is 0 Å². The number of halogens is 1. The summed E-state index contributed by atoms with van der Waals surface area (Å²) in [7, 11) is 0. The number of hydrogen-bond donors (Lipinski definition) is 0. The van der Waals surface area contributed by atoms with Gasteiger partial charge in [0.1, 0.15) is 11.6 Å². The second-order valence-electron chi connectivity index (χ2n) is 7.66. The molecule has 2 aromatic carbocycles. The molecule has 148 valence electrons. The first kappa shape index (κ1) is 18.8. The van der Waals surface area contributed by atoms with Crippen LogP contribution in [0.2, 0.25) is 0 Å². The number of fused-ring (bicyclic) bond motifs is 1. The number of nitrogens with zero attached hydrogens (tertiary/aromatic N) is 2. The minimum Gasteiger partial charge on any atom is -0.481 e. The fourth-order valence-corrected chi connectivity index (χ4v) is 4.17. The molecule has 1 heterocycles. The molecule has 2 aromatic rings. The van der Waals surface area contributed by atoms with E-state index in [0.717, 1.165) is 18.6 Å². The van der Waals surface area contributed by atoms with Crippen molar-refractivity contribution in [3.05, 3.63) is 59.4 Å². The van der Waals surface area contributed by atoms with Crippen molar-refractivity contribution in [3.8, 4) is 5.75 Å². The number of piperazine rings is 1. The van der Waals surface area contributed by atoms with Crippen LogP contribution in [0.5, 0.6) is 5.75 Å². The van der Waals surface area contributed by atoms with E-state index in [1.54, 1.807) is 12.1 Å². The lowest BCUT2D eigenvalue weighted by molar-refractivity contribution is -0.138. The highest BCUT2D eigenvalue weighted by Crippen LogP contribution is 2.26. The van der Waals surface area contributed by atoms with Gasteiger partial charge < -0.3 is 14.5 Å². The van der Waals surface area contributed by atoms with E-state index in [9.17, 15) is 9.18 Å². The maximum Gasteiger partial charge on any atom is 0.263 e. The Morgan fingerprint density at radius 2 is 1.71 bits per heavy atom. The highest BCUT2D eigenvalue weighted by molar-refractivity contribution is 5.81. The average Bonchev–Trinajstić information content (AvgIpc) is 2.73. The number of carbonyl (C=O) groups excluding carboxylic acids is 1. The zero-order valence-electron chi connectivity index (χ0n) is 16.4. The Hall–Kier alpha value is -2.56. The van der Waals surface area contributed by atoms with Crippen LogP contribution < -0.4 is 9.64 Å². The molecule has 0 bridgehead atoms. The molecule has 1 atom stereocenters. The summed E-state index contributed by atoms with van der Waals surface area (Å²) in [5.74, 6) is 0.545. The summed E-state index contributed by atoms with van der Waals surface area (Å²) in [4.78, 5) is 16.6. The Kier molecular flexibility index (Phi) is 5.51. The molecular formula is C23H27FN2O2. The van der Waals surface area contributed by atoms with Gasteiger partial charge in [-0.2, -0.15) is 0 Å². The first-order valence-electron chi connectivity index (χ1n) is 10.2. The normalized spacial score (nSPS) is 17.8. The van der Waals surface area contributed by atoms with E-state index in [4.69, 9.17) is 4.74 Å². The van der Waals surface area contributed by atoms with Crippen LogP contribution >= 0.6 is 0 Å². The van der Waals surface area contributed by atoms with Crippen molar-refractivity contribution in [1.29, 1.82) is 0 Å². The standard InChI is InChI=1S/C23H27FN2O2/c1-17(28-20-11-10-18-6-2-3-7-19(18)16-20)23(27)26-14-12-25(13-15-26)22-9-5-4-8-21(22)24/h4-5,8-11,16-17H,2-3,6-7,12-15H2,1H3. The maximum atomic E-state index is 14.0. The molecular weight excluding hydrogens is 355 g/mol. The Morgan fingerprint density at radius 1 is 1.00 bits per heavy atom. The van der Waals surface area contributed by atoms with Gasteiger partial charge in [0.05, 0.1) is 5.69 Å². The quantitative estimate of drug-likeness (QED) is 0.806. The predicted octanol–water partition coefficient (Wildman–Crippen LogP) is 3.82. The number of para-hydroxylation sites is 1. The highest BCUT2D eigenvalue weighted by atomic mass is 19.1. The van der Waals surface area contributed by atoms with Gasteiger partial charge in [-0.15, -0.1) is 0 Å². The molecule has 28 heavy (non-hydrogen) atoms. The van der Waals surface area contributed by atoms with E-state index in [1.807, 2.05) is 28.9 Å². The number of carbonyl (C=O) groups is 1. The molecule has 5 heteroatoms. The Labute approximate surface area is 165 Å². The van der Waals surface area contributed by atoms with Gasteiger partial charge >= 0.3 is 0 Å². The summed E-state index contributed by atoms with van der Waals surface area (Å²) in [5.41, 5.74) is 3.36. The van der Waals surface area contributed by atoms with Gasteiger partial charge in [0, 0.05) is 26.2 Å². The van der Waals surface area contributed by atoms with Crippen LogP contribution in [0.3, 0.4) is 0 Å². The van der Waals surface area contributed by atoms with Crippen molar-refractivity contribution in [2.75, 3.05) is 31.1 Å². The highest BCUT2D eigenvalue weighted by Gasteiger charge is 2.27. The minimum atomic E-state index is -0.526. The summed E-state index contributed by atoms with van der Waals surface area (Å²) >= 11 is 0. The lowest BCUT2D eigenvalue weighted by atomic mass is 9.92. The third-order valence-electron chi connectivity index (χ3n) is 5.77. The summed E-state index contributed by atoms with van der Waals surface area (Å²) in [6.45, 7) is 4.21. The van der Waals surface area contributed by atoms with Crippen LogP contribution in [0, 0.1) is 5.82 Å². The second kappa shape index (κ2) is 8.21. The molecule has 1 saturated heterocycles. The number of amides is 1. The molecule has 1 amide bonds. The molecule has 2 aliphatic rings. The van der Waals surface area contributed by atoms with Crippen LogP contribution in [0.1, 0.15) is 30.9 Å². The van der Waals surface area contributed by atoms with Gasteiger partial charge in [-0.1, -0.05) is 18.2 Å². The predicted molar refractivity (Wildman–Crippen MR) is 108 cm³/mol. The molecule has 4 rings (SSSR count). The van der Waals surface area contributed by atoms with Gasteiger partial charge in [-0.3, -0.25) is 4.79 Å². The molecule has 0 aromatic heterocycles. The second-order valence-corrected chi connectivity index (χ2v) is 7.66. The van der Waals surface area contributed by atoms with E-state index >= 15 is 0 Å².